The highest BCUT2D eigenvalue weighted by Crippen LogP contribution is 2.11. The molecule has 0 aliphatic carbocycles. The Morgan fingerprint density at radius 2 is 2.62 bits per heavy atom. The molecule has 1 aromatic rings. The van der Waals surface area contributed by atoms with Crippen LogP contribution in [0.15, 0.2) is 10.5 Å². The quantitative estimate of drug-likeness (QED) is 0.515. The Hall–Kier alpha value is -1.63. The second-order valence-electron chi connectivity index (χ2n) is 2.09. The summed E-state index contributed by atoms with van der Waals surface area (Å²) in [6.07, 6.45) is 0.885. The molecule has 0 aliphatic heterocycles. The Kier molecular flexibility index (Phi) is 3.21. The highest BCUT2D eigenvalue weighted by Gasteiger charge is 1.97. The van der Waals surface area contributed by atoms with Gasteiger partial charge in [-0.05, 0) is 0 Å². The van der Waals surface area contributed by atoms with Crippen LogP contribution in [0, 0.1) is 0 Å². The van der Waals surface area contributed by atoms with Crippen molar-refractivity contribution in [2.75, 3.05) is 5.73 Å². The first-order valence-electron chi connectivity index (χ1n) is 3.33. The number of hydrogen-bond donors (Lipinski definition) is 2. The Labute approximate surface area is 78.2 Å². The molecule has 70 valence electrons. The minimum atomic E-state index is -0.655. The van der Waals surface area contributed by atoms with E-state index in [1.807, 2.05) is 0 Å². The van der Waals surface area contributed by atoms with E-state index in [-0.39, 0.29) is 6.61 Å². The first-order valence-corrected chi connectivity index (χ1v) is 4.21. The molecule has 13 heavy (non-hydrogen) atoms. The molecular formula is C6H8N4O2S. The van der Waals surface area contributed by atoms with Gasteiger partial charge >= 0.3 is 0 Å². The number of aromatic nitrogens is 1. The topological polar surface area (TPSA) is 104 Å². The summed E-state index contributed by atoms with van der Waals surface area (Å²) in [6, 6.07) is 0. The smallest absolute Gasteiger partial charge is 0.263 e. The number of primary amides is 1. The van der Waals surface area contributed by atoms with Gasteiger partial charge in [0.15, 0.2) is 11.7 Å². The third-order valence-corrected chi connectivity index (χ3v) is 1.76. The fraction of sp³-hybridized carbons (Fsp3) is 0.167. The zero-order chi connectivity index (χ0) is 9.68. The minimum Gasteiger partial charge on any atom is -0.389 e. The lowest BCUT2D eigenvalue weighted by Crippen LogP contribution is -2.11. The highest BCUT2D eigenvalue weighted by atomic mass is 32.1. The van der Waals surface area contributed by atoms with Crippen LogP contribution < -0.4 is 11.5 Å². The molecule has 6 nitrogen and oxygen atoms in total. The molecule has 7 heteroatoms. The number of thiazole rings is 1. The summed E-state index contributed by atoms with van der Waals surface area (Å²) in [4.78, 5) is 18.8. The fourth-order valence-corrected chi connectivity index (χ4v) is 1.13. The van der Waals surface area contributed by atoms with Crippen LogP contribution in [0.25, 0.3) is 0 Å². The molecule has 0 fully saturated rings. The average molecular weight is 200 g/mol. The van der Waals surface area contributed by atoms with Crippen LogP contribution in [0.5, 0.6) is 0 Å². The molecule has 1 aromatic heterocycles. The van der Waals surface area contributed by atoms with E-state index in [1.54, 1.807) is 5.38 Å². The van der Waals surface area contributed by atoms with E-state index in [4.69, 9.17) is 16.3 Å². The van der Waals surface area contributed by atoms with Gasteiger partial charge in [0, 0.05) is 5.38 Å². The Morgan fingerprint density at radius 3 is 3.15 bits per heavy atom. The van der Waals surface area contributed by atoms with Crippen molar-refractivity contribution in [3.63, 3.8) is 0 Å². The average Bonchev–Trinajstić information content (AvgIpc) is 2.45. The summed E-state index contributed by atoms with van der Waals surface area (Å²) < 4.78 is 0. The molecule has 0 spiro atoms. The summed E-state index contributed by atoms with van der Waals surface area (Å²) in [5.41, 5.74) is 10.8. The standard InChI is InChI=1S/C6H8N4O2S/c7-5(11)1-9-12-2-4-3-13-6(8)10-4/h1,3H,2H2,(H2,7,11)(H2,8,10). The summed E-state index contributed by atoms with van der Waals surface area (Å²) >= 11 is 1.31. The maximum absolute atomic E-state index is 10.2. The van der Waals surface area contributed by atoms with Crippen LogP contribution in [-0.2, 0) is 16.2 Å². The molecule has 1 amide bonds. The molecule has 0 aromatic carbocycles. The summed E-state index contributed by atoms with van der Waals surface area (Å²) in [7, 11) is 0. The third-order valence-electron chi connectivity index (χ3n) is 1.04. The Balaban J connectivity index is 2.31. The van der Waals surface area contributed by atoms with Crippen molar-refractivity contribution < 1.29 is 9.63 Å². The van der Waals surface area contributed by atoms with Gasteiger partial charge in [-0.25, -0.2) is 4.98 Å². The van der Waals surface area contributed by atoms with Crippen LogP contribution in [0.2, 0.25) is 0 Å². The lowest BCUT2D eigenvalue weighted by molar-refractivity contribution is -0.111. The summed E-state index contributed by atoms with van der Waals surface area (Å²) in [6.45, 7) is 0.178. The van der Waals surface area contributed by atoms with Gasteiger partial charge in [0.1, 0.15) is 6.21 Å². The molecule has 0 saturated carbocycles. The van der Waals surface area contributed by atoms with Gasteiger partial charge in [0.05, 0.1) is 5.69 Å². The normalized spacial score (nSPS) is 10.5. The van der Waals surface area contributed by atoms with Crippen molar-refractivity contribution in [3.8, 4) is 0 Å². The predicted molar refractivity (Wildman–Crippen MR) is 49.0 cm³/mol. The first kappa shape index (κ1) is 9.46. The second-order valence-corrected chi connectivity index (χ2v) is 2.98. The molecule has 0 saturated heterocycles. The maximum atomic E-state index is 10.2. The lowest BCUT2D eigenvalue weighted by atomic mass is 10.5. The third kappa shape index (κ3) is 3.52. The van der Waals surface area contributed by atoms with Gasteiger partial charge in [0.25, 0.3) is 5.91 Å². The Bertz CT molecular complexity index is 322. The van der Waals surface area contributed by atoms with Gasteiger partial charge < -0.3 is 16.3 Å². The largest absolute Gasteiger partial charge is 0.389 e. The number of amides is 1. The van der Waals surface area contributed by atoms with Crippen molar-refractivity contribution in [2.24, 2.45) is 10.9 Å². The van der Waals surface area contributed by atoms with Crippen LogP contribution in [0.3, 0.4) is 0 Å². The number of nitrogens with two attached hydrogens (primary N) is 2. The number of hydrogen-bond acceptors (Lipinski definition) is 6. The van der Waals surface area contributed by atoms with Crippen LogP contribution >= 0.6 is 11.3 Å². The van der Waals surface area contributed by atoms with Crippen LogP contribution in [0.1, 0.15) is 5.69 Å². The van der Waals surface area contributed by atoms with Crippen LogP contribution in [0.4, 0.5) is 5.13 Å². The molecule has 1 heterocycles. The number of nitrogen functional groups attached to an aromatic ring is 1. The van der Waals surface area contributed by atoms with Gasteiger partial charge in [-0.1, -0.05) is 5.16 Å². The number of carbonyl (C=O) groups excluding carboxylic acids is 1. The van der Waals surface area contributed by atoms with Crippen molar-refractivity contribution in [1.82, 2.24) is 4.98 Å². The summed E-state index contributed by atoms with van der Waals surface area (Å²) in [5.74, 6) is -0.655. The summed E-state index contributed by atoms with van der Waals surface area (Å²) in [5, 5.41) is 5.51. The van der Waals surface area contributed by atoms with Gasteiger partial charge in [-0.15, -0.1) is 11.3 Å². The molecule has 1 rings (SSSR count). The van der Waals surface area contributed by atoms with Crippen molar-refractivity contribution >= 4 is 28.6 Å². The Morgan fingerprint density at radius 1 is 1.85 bits per heavy atom. The van der Waals surface area contributed by atoms with E-state index in [0.29, 0.717) is 10.8 Å². The molecular weight excluding hydrogens is 192 g/mol. The number of anilines is 1. The second kappa shape index (κ2) is 4.41. The SMILES string of the molecule is NC(=O)C=NOCc1csc(N)n1. The van der Waals surface area contributed by atoms with E-state index in [2.05, 4.69) is 10.1 Å². The molecule has 0 radical (unpaired) electrons. The molecule has 0 unspecified atom stereocenters. The number of oxime groups is 1. The maximum Gasteiger partial charge on any atom is 0.263 e. The zero-order valence-corrected chi connectivity index (χ0v) is 7.45. The molecule has 0 aliphatic rings. The van der Waals surface area contributed by atoms with Gasteiger partial charge in [0.2, 0.25) is 0 Å². The van der Waals surface area contributed by atoms with Gasteiger partial charge in [-0.2, -0.15) is 0 Å². The predicted octanol–water partition coefficient (Wildman–Crippen LogP) is -0.287. The minimum absolute atomic E-state index is 0.178. The van der Waals surface area contributed by atoms with E-state index in [0.717, 1.165) is 6.21 Å². The zero-order valence-electron chi connectivity index (χ0n) is 6.64. The molecule has 4 N–H and O–H groups in total. The molecule has 0 bridgehead atoms. The van der Waals surface area contributed by atoms with Crippen LogP contribution in [-0.4, -0.2) is 17.1 Å². The molecule has 0 atom stereocenters. The number of carbonyl (C=O) groups is 1. The lowest BCUT2D eigenvalue weighted by Gasteiger charge is -1.92. The van der Waals surface area contributed by atoms with Crippen molar-refractivity contribution in [1.29, 1.82) is 0 Å². The van der Waals surface area contributed by atoms with Crippen molar-refractivity contribution in [2.45, 2.75) is 6.61 Å². The first-order chi connectivity index (χ1) is 6.18. The van der Waals surface area contributed by atoms with E-state index in [1.165, 1.54) is 11.3 Å². The van der Waals surface area contributed by atoms with E-state index in [9.17, 15) is 4.79 Å². The van der Waals surface area contributed by atoms with E-state index < -0.39 is 5.91 Å². The number of nitrogens with zero attached hydrogens (tertiary/aromatic N) is 2. The highest BCUT2D eigenvalue weighted by molar-refractivity contribution is 7.13. The van der Waals surface area contributed by atoms with E-state index >= 15 is 0 Å². The van der Waals surface area contributed by atoms with Gasteiger partial charge in [-0.3, -0.25) is 4.79 Å². The fourth-order valence-electron chi connectivity index (χ4n) is 0.582. The van der Waals surface area contributed by atoms with Crippen molar-refractivity contribution in [3.05, 3.63) is 11.1 Å². The monoisotopic (exact) mass is 200 g/mol. The number of rotatable bonds is 4.